The van der Waals surface area contributed by atoms with Crippen LogP contribution in [0.5, 0.6) is 0 Å². The smallest absolute Gasteiger partial charge is 0.336 e. The van der Waals surface area contributed by atoms with Crippen LogP contribution >= 0.6 is 23.2 Å². The summed E-state index contributed by atoms with van der Waals surface area (Å²) in [4.78, 5) is 23.7. The highest BCUT2D eigenvalue weighted by Gasteiger charge is 2.41. The Hall–Kier alpha value is -3.00. The predicted molar refractivity (Wildman–Crippen MR) is 122 cm³/mol. The first-order valence-corrected chi connectivity index (χ1v) is 11.2. The van der Waals surface area contributed by atoms with E-state index < -0.39 is 76.9 Å². The number of alkyl halides is 9. The van der Waals surface area contributed by atoms with Crippen molar-refractivity contribution in [3.63, 3.8) is 0 Å². The number of rotatable bonds is 7. The van der Waals surface area contributed by atoms with Gasteiger partial charge in [-0.05, 0) is 48.9 Å². The number of carbonyl (C=O) groups excluding carboxylic acids is 2. The molecule has 2 N–H and O–H groups in total. The van der Waals surface area contributed by atoms with Gasteiger partial charge in [0.1, 0.15) is 18.2 Å². The number of nitrogens with one attached hydrogen (secondary N) is 2. The summed E-state index contributed by atoms with van der Waals surface area (Å²) in [6.45, 7) is 0.968. The molecule has 0 saturated carbocycles. The molecule has 1 unspecified atom stereocenters. The van der Waals surface area contributed by atoms with Gasteiger partial charge in [-0.2, -0.15) is 39.5 Å². The lowest BCUT2D eigenvalue weighted by atomic mass is 9.95. The van der Waals surface area contributed by atoms with Crippen LogP contribution in [0.15, 0.2) is 42.5 Å². The molecule has 0 aliphatic rings. The number of benzene rings is 2. The van der Waals surface area contributed by atoms with Gasteiger partial charge in [-0.25, -0.2) is 4.39 Å². The monoisotopic (exact) mass is 612 g/mol. The molecule has 0 aliphatic heterocycles. The Balaban J connectivity index is 2.41. The largest absolute Gasteiger partial charge is 0.417 e. The van der Waals surface area contributed by atoms with Crippen LogP contribution in [0.2, 0.25) is 10.0 Å². The fraction of sp³-hybridized carbons (Fsp3) is 0.304. The normalized spacial score (nSPS) is 14.5. The topological polar surface area (TPSA) is 58.2 Å². The van der Waals surface area contributed by atoms with Crippen LogP contribution in [0.1, 0.15) is 46.3 Å². The van der Waals surface area contributed by atoms with Gasteiger partial charge in [-0.1, -0.05) is 29.3 Å². The maximum absolute atomic E-state index is 14.9. The minimum Gasteiger partial charge on any atom is -0.336 e. The molecule has 2 amide bonds. The number of hydrogen-bond donors (Lipinski definition) is 2. The van der Waals surface area contributed by atoms with Crippen molar-refractivity contribution in [2.75, 3.05) is 0 Å². The molecule has 0 aromatic heterocycles. The van der Waals surface area contributed by atoms with Gasteiger partial charge in [0, 0.05) is 15.6 Å². The van der Waals surface area contributed by atoms with E-state index in [9.17, 15) is 53.5 Å². The SMILES string of the molecule is C[C@H](NC(=O)CC(F)(F)F)NC(=O)c1ccc(/C(F)=C/C(c2cc(Cl)cc(Cl)c2)C(F)(F)F)cc1C(F)(F)F. The van der Waals surface area contributed by atoms with Crippen molar-refractivity contribution in [2.24, 2.45) is 0 Å². The summed E-state index contributed by atoms with van der Waals surface area (Å²) in [5.74, 6) is -7.47. The van der Waals surface area contributed by atoms with E-state index in [-0.39, 0.29) is 22.2 Å². The maximum Gasteiger partial charge on any atom is 0.417 e. The molecule has 16 heteroatoms. The Morgan fingerprint density at radius 1 is 0.897 bits per heavy atom. The van der Waals surface area contributed by atoms with Gasteiger partial charge in [0.05, 0.1) is 17.3 Å². The van der Waals surface area contributed by atoms with E-state index in [1.54, 1.807) is 5.32 Å². The van der Waals surface area contributed by atoms with Crippen LogP contribution in [0, 0.1) is 0 Å². The second-order valence-corrected chi connectivity index (χ2v) is 8.92. The lowest BCUT2D eigenvalue weighted by molar-refractivity contribution is -0.154. The van der Waals surface area contributed by atoms with E-state index in [2.05, 4.69) is 0 Å². The van der Waals surface area contributed by atoms with Crippen LogP contribution in [0.4, 0.5) is 43.9 Å². The molecule has 0 heterocycles. The van der Waals surface area contributed by atoms with E-state index in [0.29, 0.717) is 12.1 Å². The summed E-state index contributed by atoms with van der Waals surface area (Å²) < 4.78 is 134. The first-order chi connectivity index (χ1) is 17.7. The average molecular weight is 613 g/mol. The number of hydrogen-bond acceptors (Lipinski definition) is 2. The molecule has 2 aromatic carbocycles. The molecule has 39 heavy (non-hydrogen) atoms. The molecular formula is C23H16Cl2F10N2O2. The molecule has 2 rings (SSSR count). The lowest BCUT2D eigenvalue weighted by Gasteiger charge is -2.20. The van der Waals surface area contributed by atoms with Gasteiger partial charge < -0.3 is 10.6 Å². The molecule has 2 atom stereocenters. The second-order valence-electron chi connectivity index (χ2n) is 8.05. The standard InChI is InChI=1S/C23H16Cl2F10N2O2/c1-10(36-19(38)9-21(27,28)29)37-20(39)15-3-2-11(6-17(15)23(33,34)35)18(26)8-16(22(30,31)32)12-4-13(24)7-14(25)5-12/h2-8,10,16H,9H2,1H3,(H,36,38)(H,37,39)/b18-8-/t10-,16?/m1/s1. The van der Waals surface area contributed by atoms with Gasteiger partial charge in [0.25, 0.3) is 5.91 Å². The Kier molecular flexibility index (Phi) is 9.93. The minimum atomic E-state index is -5.31. The van der Waals surface area contributed by atoms with Gasteiger partial charge in [-0.3, -0.25) is 9.59 Å². The highest BCUT2D eigenvalue weighted by atomic mass is 35.5. The summed E-state index contributed by atoms with van der Waals surface area (Å²) in [5.41, 5.74) is -4.45. The highest BCUT2D eigenvalue weighted by Crippen LogP contribution is 2.41. The maximum atomic E-state index is 14.9. The van der Waals surface area contributed by atoms with Gasteiger partial charge >= 0.3 is 18.5 Å². The summed E-state index contributed by atoms with van der Waals surface area (Å²) in [6.07, 6.45) is -18.8. The van der Waals surface area contributed by atoms with E-state index in [1.807, 2.05) is 5.32 Å². The fourth-order valence-electron chi connectivity index (χ4n) is 3.29. The molecule has 0 aliphatic carbocycles. The summed E-state index contributed by atoms with van der Waals surface area (Å²) >= 11 is 11.4. The van der Waals surface area contributed by atoms with Gasteiger partial charge in [0.2, 0.25) is 5.91 Å². The predicted octanol–water partition coefficient (Wildman–Crippen LogP) is 7.81. The van der Waals surface area contributed by atoms with E-state index in [4.69, 9.17) is 23.2 Å². The number of carbonyl (C=O) groups is 2. The molecule has 0 bridgehead atoms. The molecule has 0 saturated heterocycles. The van der Waals surface area contributed by atoms with Gasteiger partial charge in [-0.15, -0.1) is 0 Å². The molecule has 0 radical (unpaired) electrons. The minimum absolute atomic E-state index is 0.00940. The van der Waals surface area contributed by atoms with Crippen LogP contribution in [-0.2, 0) is 11.0 Å². The quantitative estimate of drug-likeness (QED) is 0.247. The van der Waals surface area contributed by atoms with Crippen molar-refractivity contribution in [3.8, 4) is 0 Å². The third-order valence-electron chi connectivity index (χ3n) is 4.84. The zero-order valence-electron chi connectivity index (χ0n) is 19.3. The van der Waals surface area contributed by atoms with Crippen molar-refractivity contribution in [3.05, 3.63) is 74.8 Å². The molecule has 0 spiro atoms. The lowest BCUT2D eigenvalue weighted by Crippen LogP contribution is -2.47. The Morgan fingerprint density at radius 2 is 1.46 bits per heavy atom. The van der Waals surface area contributed by atoms with Crippen molar-refractivity contribution in [1.29, 1.82) is 0 Å². The molecule has 4 nitrogen and oxygen atoms in total. The summed E-state index contributed by atoms with van der Waals surface area (Å²) in [6, 6.07) is 3.95. The third-order valence-corrected chi connectivity index (χ3v) is 5.28. The molecular weight excluding hydrogens is 597 g/mol. The van der Waals surface area contributed by atoms with Gasteiger partial charge in [0.15, 0.2) is 0 Å². The third kappa shape index (κ3) is 9.60. The molecule has 214 valence electrons. The van der Waals surface area contributed by atoms with Crippen LogP contribution in [0.25, 0.3) is 5.83 Å². The van der Waals surface area contributed by atoms with Crippen molar-refractivity contribution < 1.29 is 53.5 Å². The van der Waals surface area contributed by atoms with E-state index >= 15 is 0 Å². The number of allylic oxidation sites excluding steroid dienone is 1. The Bertz CT molecular complexity index is 1240. The van der Waals surface area contributed by atoms with Crippen LogP contribution < -0.4 is 10.6 Å². The highest BCUT2D eigenvalue weighted by molar-refractivity contribution is 6.34. The van der Waals surface area contributed by atoms with Crippen molar-refractivity contribution in [2.45, 2.75) is 44.0 Å². The number of amides is 2. The first-order valence-electron chi connectivity index (χ1n) is 10.5. The zero-order valence-corrected chi connectivity index (χ0v) is 20.8. The summed E-state index contributed by atoms with van der Waals surface area (Å²) in [5, 5.41) is 3.14. The molecule has 2 aromatic rings. The van der Waals surface area contributed by atoms with Crippen molar-refractivity contribution in [1.82, 2.24) is 10.6 Å². The Labute approximate surface area is 223 Å². The Morgan fingerprint density at radius 3 is 1.95 bits per heavy atom. The first kappa shape index (κ1) is 32.2. The van der Waals surface area contributed by atoms with Crippen molar-refractivity contribution >= 4 is 40.8 Å². The fourth-order valence-corrected chi connectivity index (χ4v) is 3.83. The number of halogens is 12. The van der Waals surface area contributed by atoms with Crippen LogP contribution in [0.3, 0.4) is 0 Å². The van der Waals surface area contributed by atoms with Crippen LogP contribution in [-0.4, -0.2) is 30.3 Å². The van der Waals surface area contributed by atoms with E-state index in [0.717, 1.165) is 25.1 Å². The average Bonchev–Trinajstić information content (AvgIpc) is 2.73. The summed E-state index contributed by atoms with van der Waals surface area (Å²) in [7, 11) is 0. The van der Waals surface area contributed by atoms with E-state index in [1.165, 1.54) is 0 Å². The zero-order chi connectivity index (χ0) is 29.9. The molecule has 0 fully saturated rings. The second kappa shape index (κ2) is 12.0.